The number of nitrogens with one attached hydrogen (secondary N) is 2. The molecule has 0 amide bonds. The van der Waals surface area contributed by atoms with Gasteiger partial charge in [0.05, 0.1) is 17.4 Å². The van der Waals surface area contributed by atoms with Crippen molar-refractivity contribution >= 4 is 22.5 Å². The van der Waals surface area contributed by atoms with Gasteiger partial charge in [0.1, 0.15) is 17.5 Å². The number of nitrogens with zero attached hydrogens (tertiary/aromatic N) is 3. The summed E-state index contributed by atoms with van der Waals surface area (Å²) in [7, 11) is 0. The van der Waals surface area contributed by atoms with Gasteiger partial charge in [0.2, 0.25) is 5.88 Å². The van der Waals surface area contributed by atoms with Gasteiger partial charge in [-0.25, -0.2) is 18.2 Å². The van der Waals surface area contributed by atoms with Gasteiger partial charge in [-0.05, 0) is 17.7 Å². The lowest BCUT2D eigenvalue weighted by Crippen LogP contribution is -2.08. The molecule has 148 valence electrons. The van der Waals surface area contributed by atoms with E-state index >= 15 is 0 Å². The highest BCUT2D eigenvalue weighted by atomic mass is 19.3. The summed E-state index contributed by atoms with van der Waals surface area (Å²) in [5, 5.41) is 10.7. The molecule has 0 atom stereocenters. The maximum atomic E-state index is 14.1. The normalized spacial score (nSPS) is 11.2. The standard InChI is InChI=1S/C20H16F3N5O/c21-14-5-2-1-4-12(14)8-15-13-10-24-28-16(13)9-19(25-15)26-18-6-3-7-20(27-18)29-11-17(22)23/h1-7,9-10,17H,8,11H2,(H,24,28)(H,25,26,27). The van der Waals surface area contributed by atoms with Gasteiger partial charge in [-0.15, -0.1) is 0 Å². The number of fused-ring (bicyclic) bond motifs is 1. The van der Waals surface area contributed by atoms with Gasteiger partial charge in [0.25, 0.3) is 6.43 Å². The molecule has 0 aliphatic heterocycles. The van der Waals surface area contributed by atoms with E-state index in [1.165, 1.54) is 12.1 Å². The second-order valence-electron chi connectivity index (χ2n) is 6.24. The van der Waals surface area contributed by atoms with Gasteiger partial charge in [-0.2, -0.15) is 10.1 Å². The Morgan fingerprint density at radius 3 is 2.72 bits per heavy atom. The summed E-state index contributed by atoms with van der Waals surface area (Å²) in [5.74, 6) is 0.589. The van der Waals surface area contributed by atoms with Crippen LogP contribution < -0.4 is 10.1 Å². The van der Waals surface area contributed by atoms with Crippen molar-refractivity contribution in [3.8, 4) is 5.88 Å². The first-order valence-electron chi connectivity index (χ1n) is 8.80. The molecule has 4 rings (SSSR count). The molecule has 0 aliphatic rings. The summed E-state index contributed by atoms with van der Waals surface area (Å²) < 4.78 is 43.7. The lowest BCUT2D eigenvalue weighted by Gasteiger charge is -2.10. The number of H-pyrrole nitrogens is 1. The molecule has 0 spiro atoms. The fourth-order valence-electron chi connectivity index (χ4n) is 2.88. The molecular weight excluding hydrogens is 383 g/mol. The average Bonchev–Trinajstić information content (AvgIpc) is 3.17. The van der Waals surface area contributed by atoms with E-state index in [2.05, 4.69) is 25.5 Å². The number of hydrogen-bond donors (Lipinski definition) is 2. The number of anilines is 2. The molecule has 0 aliphatic carbocycles. The summed E-state index contributed by atoms with van der Waals surface area (Å²) in [4.78, 5) is 8.71. The molecular formula is C20H16F3N5O. The molecule has 3 heterocycles. The number of aromatic amines is 1. The molecule has 0 saturated heterocycles. The van der Waals surface area contributed by atoms with E-state index in [-0.39, 0.29) is 18.1 Å². The number of aromatic nitrogens is 4. The highest BCUT2D eigenvalue weighted by molar-refractivity contribution is 5.83. The number of hydrogen-bond acceptors (Lipinski definition) is 5. The Balaban J connectivity index is 1.62. The van der Waals surface area contributed by atoms with Crippen LogP contribution >= 0.6 is 0 Å². The lowest BCUT2D eigenvalue weighted by atomic mass is 10.1. The highest BCUT2D eigenvalue weighted by Gasteiger charge is 2.12. The second kappa shape index (κ2) is 8.17. The maximum absolute atomic E-state index is 14.1. The van der Waals surface area contributed by atoms with Crippen LogP contribution in [0.5, 0.6) is 5.88 Å². The maximum Gasteiger partial charge on any atom is 0.272 e. The second-order valence-corrected chi connectivity index (χ2v) is 6.24. The Kier molecular flexibility index (Phi) is 5.28. The zero-order valence-corrected chi connectivity index (χ0v) is 15.1. The molecule has 0 radical (unpaired) electrons. The highest BCUT2D eigenvalue weighted by Crippen LogP contribution is 2.24. The van der Waals surface area contributed by atoms with Crippen molar-refractivity contribution in [1.29, 1.82) is 0 Å². The van der Waals surface area contributed by atoms with Crippen LogP contribution in [0.25, 0.3) is 10.9 Å². The van der Waals surface area contributed by atoms with Gasteiger partial charge in [0, 0.05) is 23.9 Å². The van der Waals surface area contributed by atoms with Crippen molar-refractivity contribution in [2.24, 2.45) is 0 Å². The van der Waals surface area contributed by atoms with Crippen LogP contribution in [0.1, 0.15) is 11.3 Å². The molecule has 9 heteroatoms. The predicted octanol–water partition coefficient (Wildman–Crippen LogP) is 4.47. The van der Waals surface area contributed by atoms with Crippen LogP contribution in [0.2, 0.25) is 0 Å². The molecule has 4 aromatic rings. The van der Waals surface area contributed by atoms with E-state index in [4.69, 9.17) is 4.74 Å². The van der Waals surface area contributed by atoms with Crippen LogP contribution in [0.15, 0.2) is 54.7 Å². The molecule has 0 unspecified atom stereocenters. The summed E-state index contributed by atoms with van der Waals surface area (Å²) in [5.41, 5.74) is 1.87. The average molecular weight is 399 g/mol. The zero-order valence-electron chi connectivity index (χ0n) is 15.1. The Hall–Kier alpha value is -3.62. The topological polar surface area (TPSA) is 75.7 Å². The number of benzene rings is 1. The molecule has 0 bridgehead atoms. The minimum Gasteiger partial charge on any atom is -0.472 e. The lowest BCUT2D eigenvalue weighted by molar-refractivity contribution is 0.0797. The number of alkyl halides is 2. The van der Waals surface area contributed by atoms with E-state index in [9.17, 15) is 13.2 Å². The Labute approximate surface area is 163 Å². The van der Waals surface area contributed by atoms with Crippen LogP contribution in [-0.4, -0.2) is 33.2 Å². The number of rotatable bonds is 7. The van der Waals surface area contributed by atoms with Crippen molar-refractivity contribution < 1.29 is 17.9 Å². The third kappa shape index (κ3) is 4.45. The van der Waals surface area contributed by atoms with Crippen LogP contribution in [0, 0.1) is 5.82 Å². The minimum atomic E-state index is -2.58. The molecule has 2 N–H and O–H groups in total. The largest absolute Gasteiger partial charge is 0.472 e. The molecule has 3 aromatic heterocycles. The summed E-state index contributed by atoms with van der Waals surface area (Å²) >= 11 is 0. The van der Waals surface area contributed by atoms with Gasteiger partial charge in [-0.3, -0.25) is 5.10 Å². The Morgan fingerprint density at radius 1 is 1.03 bits per heavy atom. The predicted molar refractivity (Wildman–Crippen MR) is 102 cm³/mol. The van der Waals surface area contributed by atoms with Crippen molar-refractivity contribution in [2.45, 2.75) is 12.8 Å². The van der Waals surface area contributed by atoms with Crippen LogP contribution in [0.3, 0.4) is 0 Å². The number of pyridine rings is 2. The van der Waals surface area contributed by atoms with Crippen molar-refractivity contribution in [3.63, 3.8) is 0 Å². The third-order valence-electron chi connectivity index (χ3n) is 4.17. The van der Waals surface area contributed by atoms with Crippen molar-refractivity contribution in [1.82, 2.24) is 20.2 Å². The SMILES string of the molecule is Fc1ccccc1Cc1nc(Nc2cccc(OCC(F)F)n2)cc2[nH]ncc12. The zero-order chi connectivity index (χ0) is 20.2. The quantitative estimate of drug-likeness (QED) is 0.480. The van der Waals surface area contributed by atoms with Gasteiger partial charge in [-0.1, -0.05) is 24.3 Å². The van der Waals surface area contributed by atoms with E-state index in [0.29, 0.717) is 22.9 Å². The smallest absolute Gasteiger partial charge is 0.272 e. The van der Waals surface area contributed by atoms with Gasteiger partial charge >= 0.3 is 0 Å². The van der Waals surface area contributed by atoms with Crippen molar-refractivity contribution in [3.05, 3.63) is 71.8 Å². The van der Waals surface area contributed by atoms with E-state index in [0.717, 1.165) is 10.9 Å². The molecule has 1 aromatic carbocycles. The first kappa shape index (κ1) is 18.7. The molecule has 0 saturated carbocycles. The monoisotopic (exact) mass is 399 g/mol. The van der Waals surface area contributed by atoms with E-state index in [1.807, 2.05) is 0 Å². The van der Waals surface area contributed by atoms with Crippen LogP contribution in [0.4, 0.5) is 24.8 Å². The number of ether oxygens (including phenoxy) is 1. The van der Waals surface area contributed by atoms with Gasteiger partial charge in [0.15, 0.2) is 6.61 Å². The minimum absolute atomic E-state index is 0.0736. The Morgan fingerprint density at radius 2 is 1.90 bits per heavy atom. The number of halogens is 3. The third-order valence-corrected chi connectivity index (χ3v) is 4.17. The van der Waals surface area contributed by atoms with E-state index in [1.54, 1.807) is 42.6 Å². The summed E-state index contributed by atoms with van der Waals surface area (Å²) in [6.07, 6.45) is -0.665. The van der Waals surface area contributed by atoms with Crippen LogP contribution in [-0.2, 0) is 6.42 Å². The van der Waals surface area contributed by atoms with E-state index < -0.39 is 13.0 Å². The summed E-state index contributed by atoms with van der Waals surface area (Å²) in [6.45, 7) is -0.735. The molecule has 0 fully saturated rings. The van der Waals surface area contributed by atoms with Crippen molar-refractivity contribution in [2.75, 3.05) is 11.9 Å². The summed E-state index contributed by atoms with van der Waals surface area (Å²) in [6, 6.07) is 13.0. The fraction of sp³-hybridized carbons (Fsp3) is 0.150. The Bertz CT molecular complexity index is 1130. The molecule has 29 heavy (non-hydrogen) atoms. The first-order chi connectivity index (χ1) is 14.1. The van der Waals surface area contributed by atoms with Gasteiger partial charge < -0.3 is 10.1 Å². The first-order valence-corrected chi connectivity index (χ1v) is 8.80. The molecule has 6 nitrogen and oxygen atoms in total. The fourth-order valence-corrected chi connectivity index (χ4v) is 2.88.